The molecule has 7 nitrogen and oxygen atoms in total. The number of benzene rings is 2. The molecule has 0 aliphatic heterocycles. The predicted molar refractivity (Wildman–Crippen MR) is 134 cm³/mol. The molecule has 0 aliphatic carbocycles. The molecule has 0 saturated heterocycles. The van der Waals surface area contributed by atoms with Gasteiger partial charge < -0.3 is 10.6 Å². The van der Waals surface area contributed by atoms with Gasteiger partial charge in [0.25, 0.3) is 11.8 Å². The summed E-state index contributed by atoms with van der Waals surface area (Å²) in [6, 6.07) is 19.2. The van der Waals surface area contributed by atoms with Gasteiger partial charge in [0, 0.05) is 23.9 Å². The number of aromatic nitrogens is 3. The molecule has 0 aliphatic rings. The maximum atomic E-state index is 13.3. The molecule has 2 heterocycles. The van der Waals surface area contributed by atoms with Crippen LogP contribution in [0.3, 0.4) is 0 Å². The number of anilines is 1. The maximum Gasteiger partial charge on any atom is 0.272 e. The Morgan fingerprint density at radius 3 is 2.32 bits per heavy atom. The molecule has 172 valence electrons. The Kier molecular flexibility index (Phi) is 6.95. The van der Waals surface area contributed by atoms with E-state index in [0.29, 0.717) is 27.8 Å². The van der Waals surface area contributed by atoms with Gasteiger partial charge >= 0.3 is 0 Å². The molecule has 2 aromatic carbocycles. The highest BCUT2D eigenvalue weighted by molar-refractivity contribution is 6.38. The second-order valence-corrected chi connectivity index (χ2v) is 8.59. The minimum Gasteiger partial charge on any atom is -0.348 e. The van der Waals surface area contributed by atoms with Gasteiger partial charge in [0.2, 0.25) is 0 Å². The number of hydrogen-bond acceptors (Lipinski definition) is 4. The summed E-state index contributed by atoms with van der Waals surface area (Å²) in [6.45, 7) is 3.72. The summed E-state index contributed by atoms with van der Waals surface area (Å²) in [4.78, 5) is 30.1. The van der Waals surface area contributed by atoms with Crippen molar-refractivity contribution in [2.45, 2.75) is 19.9 Å². The lowest BCUT2D eigenvalue weighted by Crippen LogP contribution is -2.30. The van der Waals surface area contributed by atoms with Crippen molar-refractivity contribution in [3.63, 3.8) is 0 Å². The lowest BCUT2D eigenvalue weighted by Gasteiger charge is -2.12. The summed E-state index contributed by atoms with van der Waals surface area (Å²) in [5.41, 5.74) is 2.24. The summed E-state index contributed by atoms with van der Waals surface area (Å²) in [5, 5.41) is 10.6. The Labute approximate surface area is 206 Å². The molecule has 2 aromatic heterocycles. The number of amides is 2. The first-order valence-corrected chi connectivity index (χ1v) is 11.3. The first-order chi connectivity index (χ1) is 16.3. The highest BCUT2D eigenvalue weighted by Crippen LogP contribution is 2.32. The molecule has 9 heteroatoms. The van der Waals surface area contributed by atoms with E-state index in [1.165, 1.54) is 16.8 Å². The number of rotatable bonds is 6. The van der Waals surface area contributed by atoms with Crippen LogP contribution < -0.4 is 10.6 Å². The topological polar surface area (TPSA) is 88.9 Å². The fraction of sp³-hybridized carbons (Fsp3) is 0.120. The fourth-order valence-corrected chi connectivity index (χ4v) is 3.87. The van der Waals surface area contributed by atoms with Crippen molar-refractivity contribution in [3.05, 3.63) is 94.2 Å². The Hall–Kier alpha value is -3.68. The second kappa shape index (κ2) is 10.1. The van der Waals surface area contributed by atoms with Crippen LogP contribution in [0.15, 0.2) is 72.9 Å². The van der Waals surface area contributed by atoms with Crippen molar-refractivity contribution in [2.75, 3.05) is 5.32 Å². The zero-order valence-electron chi connectivity index (χ0n) is 18.4. The van der Waals surface area contributed by atoms with Crippen LogP contribution in [0, 0.1) is 0 Å². The van der Waals surface area contributed by atoms with Gasteiger partial charge in [-0.2, -0.15) is 5.10 Å². The van der Waals surface area contributed by atoms with Crippen LogP contribution in [0.25, 0.3) is 16.9 Å². The molecule has 0 radical (unpaired) electrons. The number of carbonyl (C=O) groups is 2. The summed E-state index contributed by atoms with van der Waals surface area (Å²) >= 11 is 12.7. The zero-order chi connectivity index (χ0) is 24.2. The van der Waals surface area contributed by atoms with E-state index in [4.69, 9.17) is 23.2 Å². The molecule has 0 saturated carbocycles. The SMILES string of the molecule is CC(C)NC(=O)c1cc(NC(=O)c2cc(-c3ccccn3)c(Cl)cc2Cl)n(-c2ccccc2)n1. The van der Waals surface area contributed by atoms with E-state index >= 15 is 0 Å². The number of carbonyl (C=O) groups excluding carboxylic acids is 2. The third-order valence-electron chi connectivity index (χ3n) is 4.85. The summed E-state index contributed by atoms with van der Waals surface area (Å²) in [7, 11) is 0. The van der Waals surface area contributed by atoms with E-state index in [-0.39, 0.29) is 28.2 Å². The van der Waals surface area contributed by atoms with Gasteiger partial charge in [-0.3, -0.25) is 14.6 Å². The molecule has 2 N–H and O–H groups in total. The Morgan fingerprint density at radius 1 is 0.912 bits per heavy atom. The summed E-state index contributed by atoms with van der Waals surface area (Å²) in [5.74, 6) is -0.510. The Morgan fingerprint density at radius 2 is 1.65 bits per heavy atom. The van der Waals surface area contributed by atoms with Crippen LogP contribution in [0.4, 0.5) is 5.82 Å². The third kappa shape index (κ3) is 5.11. The molecule has 34 heavy (non-hydrogen) atoms. The third-order valence-corrected chi connectivity index (χ3v) is 5.47. The van der Waals surface area contributed by atoms with E-state index < -0.39 is 5.91 Å². The molecular formula is C25H21Cl2N5O2. The van der Waals surface area contributed by atoms with Crippen LogP contribution in [0.1, 0.15) is 34.7 Å². The van der Waals surface area contributed by atoms with Crippen molar-refractivity contribution in [1.82, 2.24) is 20.1 Å². The highest BCUT2D eigenvalue weighted by atomic mass is 35.5. The minimum absolute atomic E-state index is 0.0645. The summed E-state index contributed by atoms with van der Waals surface area (Å²) in [6.07, 6.45) is 1.64. The fourth-order valence-electron chi connectivity index (χ4n) is 3.31. The van der Waals surface area contributed by atoms with Crippen molar-refractivity contribution in [3.8, 4) is 16.9 Å². The number of nitrogens with one attached hydrogen (secondary N) is 2. The van der Waals surface area contributed by atoms with Crippen LogP contribution in [-0.4, -0.2) is 32.6 Å². The largest absolute Gasteiger partial charge is 0.348 e. The number of para-hydroxylation sites is 1. The maximum absolute atomic E-state index is 13.3. The quantitative estimate of drug-likeness (QED) is 0.364. The molecule has 0 unspecified atom stereocenters. The van der Waals surface area contributed by atoms with E-state index in [9.17, 15) is 9.59 Å². The predicted octanol–water partition coefficient (Wildman–Crippen LogP) is 5.63. The number of hydrogen-bond donors (Lipinski definition) is 2. The molecule has 4 rings (SSSR count). The summed E-state index contributed by atoms with van der Waals surface area (Å²) < 4.78 is 1.50. The van der Waals surface area contributed by atoms with Crippen LogP contribution >= 0.6 is 23.2 Å². The number of pyridine rings is 1. The van der Waals surface area contributed by atoms with E-state index in [0.717, 1.165) is 0 Å². The van der Waals surface area contributed by atoms with Crippen molar-refractivity contribution in [2.24, 2.45) is 0 Å². The van der Waals surface area contributed by atoms with Gasteiger partial charge in [0.05, 0.1) is 27.0 Å². The number of halogens is 2. The average Bonchev–Trinajstić information content (AvgIpc) is 3.23. The normalized spacial score (nSPS) is 10.9. The average molecular weight is 494 g/mol. The van der Waals surface area contributed by atoms with Crippen LogP contribution in [0.2, 0.25) is 10.0 Å². The number of nitrogens with zero attached hydrogens (tertiary/aromatic N) is 3. The smallest absolute Gasteiger partial charge is 0.272 e. The van der Waals surface area contributed by atoms with E-state index in [2.05, 4.69) is 20.7 Å². The van der Waals surface area contributed by atoms with Gasteiger partial charge in [0.1, 0.15) is 5.82 Å². The minimum atomic E-state index is -0.480. The zero-order valence-corrected chi connectivity index (χ0v) is 19.9. The molecule has 4 aromatic rings. The van der Waals surface area contributed by atoms with E-state index in [1.807, 2.05) is 50.2 Å². The van der Waals surface area contributed by atoms with Crippen molar-refractivity contribution in [1.29, 1.82) is 0 Å². The lowest BCUT2D eigenvalue weighted by atomic mass is 10.1. The van der Waals surface area contributed by atoms with Gasteiger partial charge in [-0.05, 0) is 50.2 Å². The molecular weight excluding hydrogens is 473 g/mol. The molecule has 0 spiro atoms. The van der Waals surface area contributed by atoms with E-state index in [1.54, 1.807) is 24.4 Å². The van der Waals surface area contributed by atoms with Crippen LogP contribution in [0.5, 0.6) is 0 Å². The first-order valence-electron chi connectivity index (χ1n) is 10.5. The van der Waals surface area contributed by atoms with Gasteiger partial charge in [-0.1, -0.05) is 47.5 Å². The van der Waals surface area contributed by atoms with Gasteiger partial charge in [-0.15, -0.1) is 0 Å². The second-order valence-electron chi connectivity index (χ2n) is 7.77. The molecule has 0 atom stereocenters. The molecule has 2 amide bonds. The monoisotopic (exact) mass is 493 g/mol. The van der Waals surface area contributed by atoms with Gasteiger partial charge in [-0.25, -0.2) is 4.68 Å². The van der Waals surface area contributed by atoms with Gasteiger partial charge in [0.15, 0.2) is 5.69 Å². The Bertz CT molecular complexity index is 1340. The first kappa shape index (κ1) is 23.5. The van der Waals surface area contributed by atoms with Crippen LogP contribution in [-0.2, 0) is 0 Å². The van der Waals surface area contributed by atoms with Crippen molar-refractivity contribution >= 4 is 40.8 Å². The standard InChI is InChI=1S/C25H21Cl2N5O2/c1-15(2)29-25(34)22-14-23(32(31-22)16-8-4-3-5-9-16)30-24(33)18-12-17(19(26)13-20(18)27)21-10-6-7-11-28-21/h3-15H,1-2H3,(H,29,34)(H,30,33). The lowest BCUT2D eigenvalue weighted by molar-refractivity contribution is 0.0936. The Balaban J connectivity index is 1.72. The molecule has 0 bridgehead atoms. The highest BCUT2D eigenvalue weighted by Gasteiger charge is 2.21. The molecule has 0 fully saturated rings. The van der Waals surface area contributed by atoms with Crippen molar-refractivity contribution < 1.29 is 9.59 Å².